The summed E-state index contributed by atoms with van der Waals surface area (Å²) in [5.41, 5.74) is 0. The fraction of sp³-hybridized carbons (Fsp3) is 1.00. The van der Waals surface area contributed by atoms with Gasteiger partial charge >= 0.3 is 0 Å². The zero-order valence-electron chi connectivity index (χ0n) is 12.4. The van der Waals surface area contributed by atoms with Gasteiger partial charge in [-0.05, 0) is 50.4 Å². The van der Waals surface area contributed by atoms with E-state index in [1.54, 1.807) is 0 Å². The average molecular weight is 253 g/mol. The number of aliphatic hydroxyl groups excluding tert-OH is 1. The highest BCUT2D eigenvalue weighted by atomic mass is 16.3. The first-order valence-corrected chi connectivity index (χ1v) is 8.05. The van der Waals surface area contributed by atoms with Gasteiger partial charge in [-0.1, -0.05) is 27.2 Å². The molecule has 0 amide bonds. The van der Waals surface area contributed by atoms with E-state index in [1.165, 1.54) is 38.6 Å². The van der Waals surface area contributed by atoms with Crippen LogP contribution >= 0.6 is 0 Å². The maximum atomic E-state index is 10.0. The lowest BCUT2D eigenvalue weighted by molar-refractivity contribution is 0.0148. The summed E-state index contributed by atoms with van der Waals surface area (Å²) in [5.74, 6) is 1.57. The van der Waals surface area contributed by atoms with Crippen LogP contribution in [0.3, 0.4) is 0 Å². The van der Waals surface area contributed by atoms with Gasteiger partial charge in [0.1, 0.15) is 0 Å². The van der Waals surface area contributed by atoms with Crippen LogP contribution in [0.4, 0.5) is 0 Å². The highest BCUT2D eigenvalue weighted by Crippen LogP contribution is 2.38. The summed E-state index contributed by atoms with van der Waals surface area (Å²) < 4.78 is 0. The Morgan fingerprint density at radius 2 is 1.89 bits per heavy atom. The van der Waals surface area contributed by atoms with Crippen LogP contribution in [-0.2, 0) is 0 Å². The standard InChI is InChI=1S/C16H31NO/c1-4-5-13-6-9-15(18)10-16(13)17(11-12(2)3)14-7-8-14/h12-16,18H,4-11H2,1-3H3. The van der Waals surface area contributed by atoms with Crippen LogP contribution in [0, 0.1) is 11.8 Å². The van der Waals surface area contributed by atoms with Gasteiger partial charge in [-0.25, -0.2) is 0 Å². The predicted molar refractivity (Wildman–Crippen MR) is 76.6 cm³/mol. The summed E-state index contributed by atoms with van der Waals surface area (Å²) in [7, 11) is 0. The van der Waals surface area contributed by atoms with Crippen molar-refractivity contribution < 1.29 is 5.11 Å². The lowest BCUT2D eigenvalue weighted by atomic mass is 9.79. The molecule has 0 spiro atoms. The zero-order chi connectivity index (χ0) is 13.1. The van der Waals surface area contributed by atoms with Gasteiger partial charge < -0.3 is 5.11 Å². The molecule has 0 aromatic carbocycles. The molecule has 2 rings (SSSR count). The molecule has 0 bridgehead atoms. The van der Waals surface area contributed by atoms with E-state index in [-0.39, 0.29) is 6.10 Å². The third-order valence-electron chi connectivity index (χ3n) is 4.61. The molecule has 2 aliphatic rings. The van der Waals surface area contributed by atoms with Gasteiger partial charge in [-0.2, -0.15) is 0 Å². The molecule has 2 fully saturated rings. The molecule has 0 aromatic rings. The quantitative estimate of drug-likeness (QED) is 0.784. The van der Waals surface area contributed by atoms with Crippen molar-refractivity contribution >= 4 is 0 Å². The monoisotopic (exact) mass is 253 g/mol. The van der Waals surface area contributed by atoms with E-state index in [0.717, 1.165) is 30.7 Å². The number of hydrogen-bond donors (Lipinski definition) is 1. The van der Waals surface area contributed by atoms with E-state index in [1.807, 2.05) is 0 Å². The number of hydrogen-bond acceptors (Lipinski definition) is 2. The van der Waals surface area contributed by atoms with Crippen molar-refractivity contribution in [2.45, 2.75) is 83.9 Å². The molecule has 2 saturated carbocycles. The Morgan fingerprint density at radius 1 is 1.17 bits per heavy atom. The summed E-state index contributed by atoms with van der Waals surface area (Å²) in [6.45, 7) is 8.17. The highest BCUT2D eigenvalue weighted by Gasteiger charge is 2.40. The van der Waals surface area contributed by atoms with Crippen molar-refractivity contribution in [1.82, 2.24) is 4.90 Å². The normalized spacial score (nSPS) is 33.3. The van der Waals surface area contributed by atoms with Crippen molar-refractivity contribution in [1.29, 1.82) is 0 Å². The van der Waals surface area contributed by atoms with Crippen LogP contribution in [-0.4, -0.2) is 34.7 Å². The molecule has 2 nitrogen and oxygen atoms in total. The maximum absolute atomic E-state index is 10.0. The molecular formula is C16H31NO. The summed E-state index contributed by atoms with van der Waals surface area (Å²) in [6.07, 6.45) is 8.65. The lowest BCUT2D eigenvalue weighted by Gasteiger charge is -2.42. The second kappa shape index (κ2) is 6.38. The van der Waals surface area contributed by atoms with E-state index < -0.39 is 0 Å². The Kier molecular flexibility index (Phi) is 5.08. The van der Waals surface area contributed by atoms with E-state index in [9.17, 15) is 5.11 Å². The summed E-state index contributed by atoms with van der Waals surface area (Å²) in [4.78, 5) is 2.76. The minimum absolute atomic E-state index is 0.0449. The van der Waals surface area contributed by atoms with Gasteiger partial charge in [0.25, 0.3) is 0 Å². The first-order chi connectivity index (χ1) is 8.61. The van der Waals surface area contributed by atoms with Crippen LogP contribution < -0.4 is 0 Å². The molecule has 1 N–H and O–H groups in total. The van der Waals surface area contributed by atoms with Crippen molar-refractivity contribution in [2.75, 3.05) is 6.54 Å². The van der Waals surface area contributed by atoms with E-state index in [4.69, 9.17) is 0 Å². The largest absolute Gasteiger partial charge is 0.393 e. The number of rotatable bonds is 6. The molecule has 0 aromatic heterocycles. The third kappa shape index (κ3) is 3.71. The van der Waals surface area contributed by atoms with Gasteiger partial charge in [0.05, 0.1) is 6.10 Å². The predicted octanol–water partition coefficient (Wildman–Crippen LogP) is 3.44. The molecule has 2 heteroatoms. The van der Waals surface area contributed by atoms with Crippen molar-refractivity contribution in [3.63, 3.8) is 0 Å². The molecule has 2 aliphatic carbocycles. The first kappa shape index (κ1) is 14.3. The van der Waals surface area contributed by atoms with Gasteiger partial charge in [0.15, 0.2) is 0 Å². The van der Waals surface area contributed by atoms with Crippen LogP contribution in [0.1, 0.15) is 65.7 Å². The van der Waals surface area contributed by atoms with Crippen LogP contribution in [0.25, 0.3) is 0 Å². The van der Waals surface area contributed by atoms with E-state index in [2.05, 4.69) is 25.7 Å². The Balaban J connectivity index is 2.03. The minimum atomic E-state index is -0.0449. The second-order valence-corrected chi connectivity index (χ2v) is 6.90. The third-order valence-corrected chi connectivity index (χ3v) is 4.61. The molecule has 0 radical (unpaired) electrons. The Morgan fingerprint density at radius 3 is 2.44 bits per heavy atom. The highest BCUT2D eigenvalue weighted by molar-refractivity contribution is 4.94. The fourth-order valence-electron chi connectivity index (χ4n) is 3.68. The molecule has 3 atom stereocenters. The minimum Gasteiger partial charge on any atom is -0.393 e. The molecule has 3 unspecified atom stereocenters. The van der Waals surface area contributed by atoms with Gasteiger partial charge in [-0.3, -0.25) is 4.90 Å². The number of nitrogens with zero attached hydrogens (tertiary/aromatic N) is 1. The first-order valence-electron chi connectivity index (χ1n) is 8.05. The van der Waals surface area contributed by atoms with Crippen molar-refractivity contribution in [3.05, 3.63) is 0 Å². The maximum Gasteiger partial charge on any atom is 0.0555 e. The number of aliphatic hydroxyl groups is 1. The summed E-state index contributed by atoms with van der Waals surface area (Å²) in [6, 6.07) is 1.49. The van der Waals surface area contributed by atoms with E-state index >= 15 is 0 Å². The van der Waals surface area contributed by atoms with E-state index in [0.29, 0.717) is 6.04 Å². The van der Waals surface area contributed by atoms with Gasteiger partial charge in [-0.15, -0.1) is 0 Å². The molecule has 0 saturated heterocycles. The average Bonchev–Trinajstić information content (AvgIpc) is 3.12. The molecule has 18 heavy (non-hydrogen) atoms. The molecular weight excluding hydrogens is 222 g/mol. The molecule has 0 heterocycles. The van der Waals surface area contributed by atoms with Gasteiger partial charge in [0, 0.05) is 18.6 Å². The van der Waals surface area contributed by atoms with Crippen LogP contribution in [0.5, 0.6) is 0 Å². The van der Waals surface area contributed by atoms with Crippen LogP contribution in [0.2, 0.25) is 0 Å². The zero-order valence-corrected chi connectivity index (χ0v) is 12.4. The van der Waals surface area contributed by atoms with Crippen molar-refractivity contribution in [2.24, 2.45) is 11.8 Å². The Bertz CT molecular complexity index is 249. The fourth-order valence-corrected chi connectivity index (χ4v) is 3.68. The Labute approximate surface area is 113 Å². The molecule has 0 aliphatic heterocycles. The molecule has 106 valence electrons. The smallest absolute Gasteiger partial charge is 0.0555 e. The SMILES string of the molecule is CCCC1CCC(O)CC1N(CC(C)C)C1CC1. The Hall–Kier alpha value is -0.0800. The van der Waals surface area contributed by atoms with Crippen LogP contribution in [0.15, 0.2) is 0 Å². The lowest BCUT2D eigenvalue weighted by Crippen LogP contribution is -2.48. The topological polar surface area (TPSA) is 23.5 Å². The summed E-state index contributed by atoms with van der Waals surface area (Å²) >= 11 is 0. The van der Waals surface area contributed by atoms with Gasteiger partial charge in [0.2, 0.25) is 0 Å². The summed E-state index contributed by atoms with van der Waals surface area (Å²) in [5, 5.41) is 10.0. The van der Waals surface area contributed by atoms with Crippen molar-refractivity contribution in [3.8, 4) is 0 Å². The second-order valence-electron chi connectivity index (χ2n) is 6.90.